The van der Waals surface area contributed by atoms with E-state index < -0.39 is 11.8 Å². The van der Waals surface area contributed by atoms with Gasteiger partial charge < -0.3 is 5.73 Å². The van der Waals surface area contributed by atoms with E-state index in [9.17, 15) is 4.79 Å². The SMILES string of the molecule is NC(=O)C(c1cc[nH]n1)c1cccc2ccccc12. The van der Waals surface area contributed by atoms with Gasteiger partial charge in [0.2, 0.25) is 5.91 Å². The number of nitrogens with one attached hydrogen (secondary N) is 1. The highest BCUT2D eigenvalue weighted by molar-refractivity contribution is 5.94. The Balaban J connectivity index is 2.24. The lowest BCUT2D eigenvalue weighted by Crippen LogP contribution is -2.23. The van der Waals surface area contributed by atoms with Crippen LogP contribution in [0.5, 0.6) is 0 Å². The zero-order valence-corrected chi connectivity index (χ0v) is 10.2. The molecular formula is C15H13N3O. The van der Waals surface area contributed by atoms with Gasteiger partial charge >= 0.3 is 0 Å². The average molecular weight is 251 g/mol. The smallest absolute Gasteiger partial charge is 0.231 e. The summed E-state index contributed by atoms with van der Waals surface area (Å²) in [5.41, 5.74) is 7.09. The summed E-state index contributed by atoms with van der Waals surface area (Å²) in [4.78, 5) is 11.8. The number of benzene rings is 2. The minimum Gasteiger partial charge on any atom is -0.369 e. The average Bonchev–Trinajstić information content (AvgIpc) is 2.93. The number of rotatable bonds is 3. The standard InChI is InChI=1S/C15H13N3O/c16-15(19)14(13-8-9-17-18-13)12-7-3-5-10-4-1-2-6-11(10)12/h1-9,14H,(H2,16,19)(H,17,18). The van der Waals surface area contributed by atoms with Crippen LogP contribution in [0, 0.1) is 0 Å². The maximum Gasteiger partial charge on any atom is 0.231 e. The number of aromatic amines is 1. The zero-order chi connectivity index (χ0) is 13.2. The number of hydrogen-bond donors (Lipinski definition) is 2. The second kappa shape index (κ2) is 4.57. The predicted molar refractivity (Wildman–Crippen MR) is 73.6 cm³/mol. The van der Waals surface area contributed by atoms with Crippen LogP contribution in [0.1, 0.15) is 17.2 Å². The maximum absolute atomic E-state index is 11.8. The monoisotopic (exact) mass is 251 g/mol. The van der Waals surface area contributed by atoms with E-state index in [2.05, 4.69) is 10.2 Å². The van der Waals surface area contributed by atoms with E-state index in [1.807, 2.05) is 42.5 Å². The van der Waals surface area contributed by atoms with Crippen molar-refractivity contribution in [2.45, 2.75) is 5.92 Å². The van der Waals surface area contributed by atoms with Crippen LogP contribution in [-0.4, -0.2) is 16.1 Å². The minimum absolute atomic E-state index is 0.400. The van der Waals surface area contributed by atoms with E-state index >= 15 is 0 Å². The Morgan fingerprint density at radius 2 is 1.89 bits per heavy atom. The Labute approximate surface area is 110 Å². The molecule has 0 bridgehead atoms. The molecule has 0 saturated carbocycles. The van der Waals surface area contributed by atoms with Gasteiger partial charge in [0.05, 0.1) is 5.69 Å². The largest absolute Gasteiger partial charge is 0.369 e. The van der Waals surface area contributed by atoms with Crippen LogP contribution in [0.3, 0.4) is 0 Å². The van der Waals surface area contributed by atoms with Crippen molar-refractivity contribution in [1.29, 1.82) is 0 Å². The molecule has 1 aromatic heterocycles. The van der Waals surface area contributed by atoms with Crippen molar-refractivity contribution >= 4 is 16.7 Å². The summed E-state index contributed by atoms with van der Waals surface area (Å²) >= 11 is 0. The van der Waals surface area contributed by atoms with Crippen molar-refractivity contribution in [3.8, 4) is 0 Å². The van der Waals surface area contributed by atoms with Gasteiger partial charge in [0.1, 0.15) is 5.92 Å². The van der Waals surface area contributed by atoms with Gasteiger partial charge in [-0.05, 0) is 22.4 Å². The summed E-state index contributed by atoms with van der Waals surface area (Å²) in [6, 6.07) is 15.6. The summed E-state index contributed by atoms with van der Waals surface area (Å²) in [6.45, 7) is 0. The maximum atomic E-state index is 11.8. The number of aromatic nitrogens is 2. The first-order valence-corrected chi connectivity index (χ1v) is 6.04. The third-order valence-electron chi connectivity index (χ3n) is 3.24. The van der Waals surface area contributed by atoms with Crippen molar-refractivity contribution in [1.82, 2.24) is 10.2 Å². The van der Waals surface area contributed by atoms with E-state index in [0.29, 0.717) is 5.69 Å². The summed E-state index contributed by atoms with van der Waals surface area (Å²) in [6.07, 6.45) is 1.69. The summed E-state index contributed by atoms with van der Waals surface area (Å²) in [5.74, 6) is -0.930. The lowest BCUT2D eigenvalue weighted by atomic mass is 9.90. The van der Waals surface area contributed by atoms with Crippen LogP contribution >= 0.6 is 0 Å². The second-order valence-corrected chi connectivity index (χ2v) is 4.40. The molecule has 2 aromatic carbocycles. The van der Waals surface area contributed by atoms with Crippen molar-refractivity contribution in [2.24, 2.45) is 5.73 Å². The molecule has 0 spiro atoms. The molecule has 1 amide bonds. The lowest BCUT2D eigenvalue weighted by molar-refractivity contribution is -0.118. The summed E-state index contributed by atoms with van der Waals surface area (Å²) < 4.78 is 0. The van der Waals surface area contributed by atoms with Crippen LogP contribution in [0.2, 0.25) is 0 Å². The molecule has 4 nitrogen and oxygen atoms in total. The fourth-order valence-electron chi connectivity index (χ4n) is 2.39. The number of nitrogens with zero attached hydrogens (tertiary/aromatic N) is 1. The van der Waals surface area contributed by atoms with Crippen molar-refractivity contribution in [2.75, 3.05) is 0 Å². The molecule has 3 rings (SSSR count). The van der Waals surface area contributed by atoms with E-state index in [1.54, 1.807) is 12.3 Å². The first-order chi connectivity index (χ1) is 9.27. The number of carbonyl (C=O) groups excluding carboxylic acids is 1. The van der Waals surface area contributed by atoms with Gasteiger partial charge in [-0.3, -0.25) is 9.89 Å². The van der Waals surface area contributed by atoms with Gasteiger partial charge in [-0.2, -0.15) is 5.10 Å². The number of carbonyl (C=O) groups is 1. The fraction of sp³-hybridized carbons (Fsp3) is 0.0667. The Hall–Kier alpha value is -2.62. The molecule has 1 unspecified atom stereocenters. The second-order valence-electron chi connectivity index (χ2n) is 4.40. The molecule has 4 heteroatoms. The summed E-state index contributed by atoms with van der Waals surface area (Å²) in [5, 5.41) is 8.93. The van der Waals surface area contributed by atoms with E-state index in [1.165, 1.54) is 0 Å². The highest BCUT2D eigenvalue weighted by Crippen LogP contribution is 2.29. The highest BCUT2D eigenvalue weighted by atomic mass is 16.1. The van der Waals surface area contributed by atoms with Crippen LogP contribution in [0.15, 0.2) is 54.7 Å². The van der Waals surface area contributed by atoms with Crippen LogP contribution in [0.25, 0.3) is 10.8 Å². The highest BCUT2D eigenvalue weighted by Gasteiger charge is 2.23. The number of primary amides is 1. The lowest BCUT2D eigenvalue weighted by Gasteiger charge is -2.14. The van der Waals surface area contributed by atoms with Gasteiger partial charge in [0, 0.05) is 6.20 Å². The van der Waals surface area contributed by atoms with E-state index in [4.69, 9.17) is 5.73 Å². The quantitative estimate of drug-likeness (QED) is 0.749. The van der Waals surface area contributed by atoms with Crippen LogP contribution in [0.4, 0.5) is 0 Å². The third-order valence-corrected chi connectivity index (χ3v) is 3.24. The molecule has 94 valence electrons. The molecule has 0 fully saturated rings. The third kappa shape index (κ3) is 1.97. The summed E-state index contributed by atoms with van der Waals surface area (Å²) in [7, 11) is 0. The first-order valence-electron chi connectivity index (χ1n) is 6.04. The molecule has 0 aliphatic heterocycles. The number of H-pyrrole nitrogens is 1. The Bertz CT molecular complexity index is 714. The van der Waals surface area contributed by atoms with Crippen molar-refractivity contribution in [3.05, 3.63) is 66.0 Å². The number of nitrogens with two attached hydrogens (primary N) is 1. The normalized spacial score (nSPS) is 12.4. The predicted octanol–water partition coefficient (Wildman–Crippen LogP) is 2.18. The van der Waals surface area contributed by atoms with E-state index in [-0.39, 0.29) is 0 Å². The molecule has 0 saturated heterocycles. The molecule has 0 radical (unpaired) electrons. The van der Waals surface area contributed by atoms with Gasteiger partial charge in [-0.15, -0.1) is 0 Å². The van der Waals surface area contributed by atoms with Gasteiger partial charge in [0.15, 0.2) is 0 Å². The van der Waals surface area contributed by atoms with E-state index in [0.717, 1.165) is 16.3 Å². The molecule has 1 heterocycles. The van der Waals surface area contributed by atoms with Crippen LogP contribution < -0.4 is 5.73 Å². The minimum atomic E-state index is -0.530. The fourth-order valence-corrected chi connectivity index (χ4v) is 2.39. The van der Waals surface area contributed by atoms with Gasteiger partial charge in [-0.25, -0.2) is 0 Å². The number of fused-ring (bicyclic) bond motifs is 1. The topological polar surface area (TPSA) is 71.8 Å². The van der Waals surface area contributed by atoms with Crippen molar-refractivity contribution < 1.29 is 4.79 Å². The van der Waals surface area contributed by atoms with Crippen molar-refractivity contribution in [3.63, 3.8) is 0 Å². The molecule has 0 aliphatic carbocycles. The number of hydrogen-bond acceptors (Lipinski definition) is 2. The molecule has 1 atom stereocenters. The molecule has 3 aromatic rings. The first kappa shape index (κ1) is 11.5. The van der Waals surface area contributed by atoms with Gasteiger partial charge in [0.25, 0.3) is 0 Å². The zero-order valence-electron chi connectivity index (χ0n) is 10.2. The molecular weight excluding hydrogens is 238 g/mol. The molecule has 0 aliphatic rings. The molecule has 19 heavy (non-hydrogen) atoms. The Kier molecular flexibility index (Phi) is 2.76. The number of amides is 1. The van der Waals surface area contributed by atoms with Crippen LogP contribution in [-0.2, 0) is 4.79 Å². The van der Waals surface area contributed by atoms with Gasteiger partial charge in [-0.1, -0.05) is 42.5 Å². The Morgan fingerprint density at radius 1 is 1.11 bits per heavy atom. The Morgan fingerprint density at radius 3 is 2.63 bits per heavy atom. The molecule has 3 N–H and O–H groups in total.